The second-order valence-corrected chi connectivity index (χ2v) is 20.9. The number of aliphatic carboxylic acids is 1. The van der Waals surface area contributed by atoms with Crippen molar-refractivity contribution in [3.63, 3.8) is 0 Å². The number of ether oxygens (including phenoxy) is 4. The van der Waals surface area contributed by atoms with Gasteiger partial charge < -0.3 is 33.3 Å². The molecule has 0 saturated heterocycles. The lowest BCUT2D eigenvalue weighted by Crippen LogP contribution is -2.44. The SMILES string of the molecule is CC/C=C\C/C=C\C/C=C\C/C=C\C/C=C\C/C=C\C/C=C\C/C=C\C/C=C\CCCCCCCC(=O)OC(COC(=O)CCCCCC/C=C\C/C=C\C/C=C\C/C=C\C/C=C\C/C=C\CC)COC(OCC[N+](C)(C)C)C(=O)[O-]. The summed E-state index contributed by atoms with van der Waals surface area (Å²) >= 11 is 0. The number of carboxylic acid groups (broad SMARTS) is 1. The fourth-order valence-electron chi connectivity index (χ4n) is 7.47. The van der Waals surface area contributed by atoms with Crippen molar-refractivity contribution in [1.82, 2.24) is 0 Å². The van der Waals surface area contributed by atoms with Gasteiger partial charge in [0.2, 0.25) is 0 Å². The topological polar surface area (TPSA) is 111 Å². The first-order valence-corrected chi connectivity index (χ1v) is 30.9. The molecular weight excluding hydrogens is 1010 g/mol. The number of allylic oxidation sites excluding steroid dienone is 30. The van der Waals surface area contributed by atoms with E-state index in [9.17, 15) is 19.5 Å². The monoisotopic (exact) mass is 1120 g/mol. The lowest BCUT2D eigenvalue weighted by molar-refractivity contribution is -0.870. The van der Waals surface area contributed by atoms with E-state index in [0.29, 0.717) is 23.9 Å². The van der Waals surface area contributed by atoms with Gasteiger partial charge in [0.15, 0.2) is 12.4 Å². The molecule has 0 heterocycles. The molecule has 2 atom stereocenters. The van der Waals surface area contributed by atoms with Gasteiger partial charge in [0.25, 0.3) is 0 Å². The molecule has 81 heavy (non-hydrogen) atoms. The molecule has 9 nitrogen and oxygen atoms in total. The second-order valence-electron chi connectivity index (χ2n) is 20.9. The Morgan fingerprint density at radius 1 is 0.370 bits per heavy atom. The Bertz CT molecular complexity index is 1980. The molecule has 0 N–H and O–H groups in total. The molecule has 2 unspecified atom stereocenters. The Labute approximate surface area is 494 Å². The quantitative estimate of drug-likeness (QED) is 0.0195. The van der Waals surface area contributed by atoms with Crippen molar-refractivity contribution in [3.8, 4) is 0 Å². The maximum Gasteiger partial charge on any atom is 0.306 e. The van der Waals surface area contributed by atoms with Crippen LogP contribution in [-0.2, 0) is 33.3 Å². The summed E-state index contributed by atoms with van der Waals surface area (Å²) in [6.45, 7) is 4.43. The van der Waals surface area contributed by atoms with Gasteiger partial charge in [-0.3, -0.25) is 9.59 Å². The third kappa shape index (κ3) is 61.9. The normalized spacial score (nSPS) is 14.0. The number of esters is 2. The van der Waals surface area contributed by atoms with E-state index in [1.165, 1.54) is 0 Å². The lowest BCUT2D eigenvalue weighted by Gasteiger charge is -2.26. The van der Waals surface area contributed by atoms with Crippen molar-refractivity contribution in [1.29, 1.82) is 0 Å². The van der Waals surface area contributed by atoms with Crippen LogP contribution in [0.15, 0.2) is 182 Å². The number of hydrogen-bond acceptors (Lipinski definition) is 8. The molecule has 0 spiro atoms. The number of nitrogens with zero attached hydrogens (tertiary/aromatic N) is 1. The Kier molecular flexibility index (Phi) is 56.3. The number of hydrogen-bond donors (Lipinski definition) is 0. The van der Waals surface area contributed by atoms with Crippen molar-refractivity contribution >= 4 is 17.9 Å². The maximum atomic E-state index is 12.9. The van der Waals surface area contributed by atoms with Gasteiger partial charge in [-0.1, -0.05) is 228 Å². The van der Waals surface area contributed by atoms with Crippen LogP contribution in [0.1, 0.15) is 194 Å². The molecule has 0 aromatic carbocycles. The minimum absolute atomic E-state index is 0.127. The number of quaternary nitrogens is 1. The van der Waals surface area contributed by atoms with E-state index in [4.69, 9.17) is 18.9 Å². The summed E-state index contributed by atoms with van der Waals surface area (Å²) in [4.78, 5) is 37.4. The van der Waals surface area contributed by atoms with Crippen LogP contribution in [0.2, 0.25) is 0 Å². The van der Waals surface area contributed by atoms with Crippen LogP contribution in [0.4, 0.5) is 0 Å². The van der Waals surface area contributed by atoms with Crippen LogP contribution in [0.25, 0.3) is 0 Å². The molecule has 0 aromatic rings. The summed E-state index contributed by atoms with van der Waals surface area (Å²) in [6, 6.07) is 0. The molecule has 0 radical (unpaired) electrons. The summed E-state index contributed by atoms with van der Waals surface area (Å²) in [6.07, 6.45) is 89.4. The van der Waals surface area contributed by atoms with Gasteiger partial charge in [-0.2, -0.15) is 0 Å². The van der Waals surface area contributed by atoms with E-state index in [1.807, 2.05) is 21.1 Å². The first kappa shape index (κ1) is 75.4. The predicted molar refractivity (Wildman–Crippen MR) is 342 cm³/mol. The zero-order chi connectivity index (χ0) is 59.1. The number of carbonyl (C=O) groups excluding carboxylic acids is 3. The van der Waals surface area contributed by atoms with E-state index in [1.54, 1.807) is 0 Å². The molecule has 9 heteroatoms. The number of carbonyl (C=O) groups is 3. The van der Waals surface area contributed by atoms with E-state index >= 15 is 0 Å². The lowest BCUT2D eigenvalue weighted by atomic mass is 10.1. The number of unbranched alkanes of at least 4 members (excludes halogenated alkanes) is 9. The number of rotatable bonds is 54. The molecule has 0 fully saturated rings. The van der Waals surface area contributed by atoms with E-state index in [-0.39, 0.29) is 32.7 Å². The summed E-state index contributed by atoms with van der Waals surface area (Å²) in [5, 5.41) is 11.8. The van der Waals surface area contributed by atoms with Crippen LogP contribution in [0.5, 0.6) is 0 Å². The Morgan fingerprint density at radius 2 is 0.667 bits per heavy atom. The smallest absolute Gasteiger partial charge is 0.306 e. The van der Waals surface area contributed by atoms with Crippen molar-refractivity contribution in [3.05, 3.63) is 182 Å². The van der Waals surface area contributed by atoms with E-state index in [0.717, 1.165) is 154 Å². The van der Waals surface area contributed by atoms with Gasteiger partial charge in [0.1, 0.15) is 13.2 Å². The molecule has 0 aromatic heterocycles. The van der Waals surface area contributed by atoms with Crippen LogP contribution >= 0.6 is 0 Å². The molecule has 0 rings (SSSR count). The number of likely N-dealkylation sites (N-methyl/N-ethyl adjacent to an activating group) is 1. The third-order valence-corrected chi connectivity index (χ3v) is 12.1. The van der Waals surface area contributed by atoms with Gasteiger partial charge in [0.05, 0.1) is 40.3 Å². The first-order valence-electron chi connectivity index (χ1n) is 30.9. The van der Waals surface area contributed by atoms with Gasteiger partial charge in [-0.25, -0.2) is 0 Å². The van der Waals surface area contributed by atoms with Crippen LogP contribution in [-0.4, -0.2) is 82.3 Å². The summed E-state index contributed by atoms with van der Waals surface area (Å²) in [7, 11) is 5.89. The highest BCUT2D eigenvalue weighted by atomic mass is 16.7. The zero-order valence-electron chi connectivity index (χ0n) is 51.3. The summed E-state index contributed by atoms with van der Waals surface area (Å²) in [5.74, 6) is -2.37. The highest BCUT2D eigenvalue weighted by Gasteiger charge is 2.22. The fourth-order valence-corrected chi connectivity index (χ4v) is 7.47. The van der Waals surface area contributed by atoms with Gasteiger partial charge in [0, 0.05) is 12.8 Å². The van der Waals surface area contributed by atoms with Crippen LogP contribution in [0, 0.1) is 0 Å². The average Bonchev–Trinajstić information content (AvgIpc) is 3.44. The van der Waals surface area contributed by atoms with Crippen molar-refractivity contribution < 1.29 is 42.9 Å². The molecule has 0 amide bonds. The largest absolute Gasteiger partial charge is 0.545 e. The van der Waals surface area contributed by atoms with Crippen molar-refractivity contribution in [2.75, 3.05) is 47.5 Å². The first-order chi connectivity index (χ1) is 39.6. The maximum absolute atomic E-state index is 12.9. The van der Waals surface area contributed by atoms with Gasteiger partial charge >= 0.3 is 11.9 Å². The highest BCUT2D eigenvalue weighted by molar-refractivity contribution is 5.70. The van der Waals surface area contributed by atoms with Crippen molar-refractivity contribution in [2.45, 2.75) is 206 Å². The van der Waals surface area contributed by atoms with E-state index < -0.39 is 30.3 Å². The van der Waals surface area contributed by atoms with Gasteiger partial charge in [-0.15, -0.1) is 0 Å². The predicted octanol–water partition coefficient (Wildman–Crippen LogP) is 17.6. The molecule has 0 bridgehead atoms. The molecule has 0 aliphatic rings. The standard InChI is InChI=1S/C72H111NO8/c1-6-8-10-12-14-16-18-20-22-24-26-28-30-31-32-33-34-35-36-37-38-39-41-43-45-47-49-51-53-55-57-59-61-63-70(75)81-68(67-80-72(71(76)77)78-65-64-73(3,4)5)66-79-69(74)62-60-58-56-54-52-50-48-46-44-42-40-29-27-25-23-21-19-17-15-13-11-9-7-2/h8-11,14-17,20-23,26-29,31-32,34-35,37-38,41-44,47-50,68,72H,6-7,12-13,18-19,24-25,30,33,36,39-40,45-46,51-67H2,1-5H3/b10-8-,11-9-,16-14-,17-15-,22-20-,23-21-,28-26-,29-27-,32-31-,35-34-,38-37-,43-41-,44-42-,49-47-,50-48-. The summed E-state index contributed by atoms with van der Waals surface area (Å²) in [5.41, 5.74) is 0. The molecule has 452 valence electrons. The minimum atomic E-state index is -1.65. The second kappa shape index (κ2) is 60.5. The highest BCUT2D eigenvalue weighted by Crippen LogP contribution is 2.12. The van der Waals surface area contributed by atoms with Crippen LogP contribution in [0.3, 0.4) is 0 Å². The average molecular weight is 1120 g/mol. The van der Waals surface area contributed by atoms with Gasteiger partial charge in [-0.05, 0) is 135 Å². The Morgan fingerprint density at radius 3 is 0.988 bits per heavy atom. The van der Waals surface area contributed by atoms with Crippen molar-refractivity contribution in [2.24, 2.45) is 0 Å². The fraction of sp³-hybridized carbons (Fsp3) is 0.542. The third-order valence-electron chi connectivity index (χ3n) is 12.1. The Balaban J connectivity index is 4.37. The number of carboxylic acids is 1. The van der Waals surface area contributed by atoms with Crippen LogP contribution < -0.4 is 5.11 Å². The zero-order valence-corrected chi connectivity index (χ0v) is 51.3. The molecule has 0 aliphatic heterocycles. The minimum Gasteiger partial charge on any atom is -0.545 e. The van der Waals surface area contributed by atoms with E-state index in [2.05, 4.69) is 196 Å². The molecule has 0 saturated carbocycles. The molecular formula is C72H111NO8. The summed E-state index contributed by atoms with van der Waals surface area (Å²) < 4.78 is 22.7. The molecule has 0 aliphatic carbocycles. The Hall–Kier alpha value is -5.61.